The van der Waals surface area contributed by atoms with Gasteiger partial charge in [-0.05, 0) is 38.2 Å². The van der Waals surface area contributed by atoms with Crippen molar-refractivity contribution in [2.75, 3.05) is 6.61 Å². The van der Waals surface area contributed by atoms with Crippen LogP contribution >= 0.6 is 12.2 Å². The van der Waals surface area contributed by atoms with Crippen molar-refractivity contribution in [3.63, 3.8) is 0 Å². The number of nitro groups is 1. The zero-order valence-corrected chi connectivity index (χ0v) is 12.3. The van der Waals surface area contributed by atoms with E-state index >= 15 is 0 Å². The number of nitrogens with one attached hydrogen (secondary N) is 1. The molecule has 0 aliphatic carbocycles. The maximum absolute atomic E-state index is 11.0. The van der Waals surface area contributed by atoms with Crippen LogP contribution < -0.4 is 4.74 Å². The molecule has 0 fully saturated rings. The third-order valence-electron chi connectivity index (χ3n) is 2.61. The third kappa shape index (κ3) is 3.31. The Balaban J connectivity index is 2.35. The molecule has 9 heteroatoms. The van der Waals surface area contributed by atoms with Gasteiger partial charge in [0.15, 0.2) is 5.75 Å². The van der Waals surface area contributed by atoms with Crippen molar-refractivity contribution in [3.8, 4) is 5.75 Å². The van der Waals surface area contributed by atoms with Crippen molar-refractivity contribution in [1.29, 1.82) is 0 Å². The van der Waals surface area contributed by atoms with Gasteiger partial charge in [-0.2, -0.15) is 14.9 Å². The van der Waals surface area contributed by atoms with Gasteiger partial charge in [0.2, 0.25) is 4.77 Å². The molecule has 8 nitrogen and oxygen atoms in total. The number of H-pyrrole nitrogens is 1. The van der Waals surface area contributed by atoms with Crippen LogP contribution in [-0.4, -0.2) is 32.6 Å². The zero-order chi connectivity index (χ0) is 15.4. The molecule has 0 radical (unpaired) electrons. The number of nitrogens with zero attached hydrogens (tertiary/aromatic N) is 4. The zero-order valence-electron chi connectivity index (χ0n) is 11.4. The predicted molar refractivity (Wildman–Crippen MR) is 79.4 cm³/mol. The summed E-state index contributed by atoms with van der Waals surface area (Å²) < 4.78 is 7.00. The highest BCUT2D eigenvalue weighted by Crippen LogP contribution is 2.27. The predicted octanol–water partition coefficient (Wildman–Crippen LogP) is 2.44. The molecule has 1 N–H and O–H groups in total. The van der Waals surface area contributed by atoms with Crippen molar-refractivity contribution >= 4 is 24.1 Å². The van der Waals surface area contributed by atoms with E-state index in [4.69, 9.17) is 17.0 Å². The van der Waals surface area contributed by atoms with Crippen molar-refractivity contribution < 1.29 is 9.66 Å². The number of rotatable bonds is 5. The van der Waals surface area contributed by atoms with Crippen LogP contribution in [0.4, 0.5) is 5.69 Å². The highest BCUT2D eigenvalue weighted by atomic mass is 32.1. The molecule has 1 aromatic heterocycles. The van der Waals surface area contributed by atoms with Crippen molar-refractivity contribution in [1.82, 2.24) is 14.9 Å². The smallest absolute Gasteiger partial charge is 0.311 e. The molecule has 1 heterocycles. The van der Waals surface area contributed by atoms with Gasteiger partial charge in [0.1, 0.15) is 5.82 Å². The lowest BCUT2D eigenvalue weighted by Gasteiger charge is -2.04. The lowest BCUT2D eigenvalue weighted by Crippen LogP contribution is -1.99. The first kappa shape index (κ1) is 14.9. The Bertz CT molecular complexity index is 750. The van der Waals surface area contributed by atoms with Crippen LogP contribution in [0.2, 0.25) is 0 Å². The van der Waals surface area contributed by atoms with Crippen molar-refractivity contribution in [2.45, 2.75) is 13.8 Å². The summed E-state index contributed by atoms with van der Waals surface area (Å²) in [6.45, 7) is 3.87. The van der Waals surface area contributed by atoms with E-state index in [2.05, 4.69) is 15.3 Å². The lowest BCUT2D eigenvalue weighted by molar-refractivity contribution is -0.385. The van der Waals surface area contributed by atoms with Crippen molar-refractivity contribution in [2.24, 2.45) is 5.10 Å². The molecule has 2 rings (SSSR count). The number of benzene rings is 1. The van der Waals surface area contributed by atoms with Crippen LogP contribution in [0.5, 0.6) is 5.75 Å². The van der Waals surface area contributed by atoms with E-state index < -0.39 is 4.92 Å². The quantitative estimate of drug-likeness (QED) is 0.396. The second kappa shape index (κ2) is 6.27. The summed E-state index contributed by atoms with van der Waals surface area (Å²) in [5, 5.41) is 21.7. The molecule has 0 bridgehead atoms. The second-order valence-electron chi connectivity index (χ2n) is 4.05. The summed E-state index contributed by atoms with van der Waals surface area (Å²) in [6, 6.07) is 4.62. The van der Waals surface area contributed by atoms with Crippen LogP contribution in [-0.2, 0) is 0 Å². The number of hydrogen-bond donors (Lipinski definition) is 1. The second-order valence-corrected chi connectivity index (χ2v) is 4.44. The fourth-order valence-electron chi connectivity index (χ4n) is 1.67. The normalized spacial score (nSPS) is 11.0. The average molecular weight is 307 g/mol. The minimum atomic E-state index is -0.489. The Hall–Kier alpha value is -2.55. The monoisotopic (exact) mass is 307 g/mol. The Morgan fingerprint density at radius 1 is 1.62 bits per heavy atom. The molecule has 0 saturated carbocycles. The largest absolute Gasteiger partial charge is 0.487 e. The van der Waals surface area contributed by atoms with E-state index in [0.29, 0.717) is 22.8 Å². The topological polar surface area (TPSA) is 98.3 Å². The van der Waals surface area contributed by atoms with Gasteiger partial charge >= 0.3 is 5.69 Å². The van der Waals surface area contributed by atoms with Gasteiger partial charge in [-0.1, -0.05) is 0 Å². The van der Waals surface area contributed by atoms with E-state index in [1.165, 1.54) is 17.0 Å². The van der Waals surface area contributed by atoms with Crippen LogP contribution in [0.1, 0.15) is 18.3 Å². The van der Waals surface area contributed by atoms with E-state index in [9.17, 15) is 10.1 Å². The molecule has 2 aromatic rings. The van der Waals surface area contributed by atoms with E-state index in [1.54, 1.807) is 26.0 Å². The summed E-state index contributed by atoms with van der Waals surface area (Å²) in [5.74, 6) is 0.826. The molecule has 0 atom stereocenters. The average Bonchev–Trinajstić information content (AvgIpc) is 2.77. The van der Waals surface area contributed by atoms with Gasteiger partial charge < -0.3 is 4.74 Å². The maximum atomic E-state index is 11.0. The fourth-order valence-corrected chi connectivity index (χ4v) is 1.89. The first-order valence-electron chi connectivity index (χ1n) is 6.12. The van der Waals surface area contributed by atoms with Gasteiger partial charge in [-0.3, -0.25) is 15.2 Å². The number of hydrogen-bond acceptors (Lipinski definition) is 6. The maximum Gasteiger partial charge on any atom is 0.311 e. The number of aromatic amines is 1. The molecule has 0 saturated heterocycles. The van der Waals surface area contributed by atoms with E-state index in [-0.39, 0.29) is 11.4 Å². The highest BCUT2D eigenvalue weighted by Gasteiger charge is 2.15. The Labute approximate surface area is 125 Å². The van der Waals surface area contributed by atoms with Gasteiger partial charge in [-0.15, -0.1) is 0 Å². The van der Waals surface area contributed by atoms with Gasteiger partial charge in [0.25, 0.3) is 0 Å². The molecular formula is C12H13N5O3S. The molecule has 0 spiro atoms. The minimum Gasteiger partial charge on any atom is -0.487 e. The Kier molecular flexibility index (Phi) is 4.43. The van der Waals surface area contributed by atoms with Crippen LogP contribution in [0, 0.1) is 21.8 Å². The summed E-state index contributed by atoms with van der Waals surface area (Å²) >= 11 is 5.01. The number of aryl methyl sites for hydroxylation is 1. The van der Waals surface area contributed by atoms with Crippen LogP contribution in [0.15, 0.2) is 23.3 Å². The minimum absolute atomic E-state index is 0.103. The summed E-state index contributed by atoms with van der Waals surface area (Å²) in [7, 11) is 0. The first-order chi connectivity index (χ1) is 10.0. The van der Waals surface area contributed by atoms with Gasteiger partial charge in [0, 0.05) is 11.6 Å². The van der Waals surface area contributed by atoms with Crippen LogP contribution in [0.25, 0.3) is 0 Å². The molecule has 1 aromatic carbocycles. The number of nitro benzene ring substituents is 1. The van der Waals surface area contributed by atoms with E-state index in [1.807, 2.05) is 0 Å². The molecule has 110 valence electrons. The van der Waals surface area contributed by atoms with Crippen molar-refractivity contribution in [3.05, 3.63) is 44.5 Å². The fraction of sp³-hybridized carbons (Fsp3) is 0.250. The standard InChI is InChI=1S/C12H13N5O3S/c1-3-20-11-5-4-9(6-10(11)17(18)19)7-13-16-8(2)14-15-12(16)21/h4-7H,3H2,1-2H3,(H,15,21)/b13-7-. The molecular weight excluding hydrogens is 294 g/mol. The first-order valence-corrected chi connectivity index (χ1v) is 6.53. The van der Waals surface area contributed by atoms with Gasteiger partial charge in [0.05, 0.1) is 17.7 Å². The SMILES string of the molecule is CCOc1ccc(/C=N\n2c(C)n[nH]c2=S)cc1[N+](=O)[O-]. The highest BCUT2D eigenvalue weighted by molar-refractivity contribution is 7.71. The Morgan fingerprint density at radius 3 is 2.95 bits per heavy atom. The molecule has 0 aliphatic rings. The molecule has 21 heavy (non-hydrogen) atoms. The summed E-state index contributed by atoms with van der Waals surface area (Å²) in [4.78, 5) is 10.5. The Morgan fingerprint density at radius 2 is 2.38 bits per heavy atom. The van der Waals surface area contributed by atoms with Crippen LogP contribution in [0.3, 0.4) is 0 Å². The molecule has 0 unspecified atom stereocenters. The lowest BCUT2D eigenvalue weighted by atomic mass is 10.2. The number of aromatic nitrogens is 3. The van der Waals surface area contributed by atoms with Gasteiger partial charge in [-0.25, -0.2) is 0 Å². The summed E-state index contributed by atoms with van der Waals surface area (Å²) in [5.41, 5.74) is 0.459. The number of ether oxygens (including phenoxy) is 1. The molecule has 0 aliphatic heterocycles. The third-order valence-corrected chi connectivity index (χ3v) is 2.88. The summed E-state index contributed by atoms with van der Waals surface area (Å²) in [6.07, 6.45) is 1.47. The molecule has 0 amide bonds. The van der Waals surface area contributed by atoms with E-state index in [0.717, 1.165) is 0 Å².